The molecule has 8 heteroatoms. The van der Waals surface area contributed by atoms with E-state index in [2.05, 4.69) is 10.3 Å². The van der Waals surface area contributed by atoms with Gasteiger partial charge >= 0.3 is 0 Å². The van der Waals surface area contributed by atoms with Crippen LogP contribution in [0.2, 0.25) is 0 Å². The standard InChI is InChI=1S/C12H12N4O3S/c13-11-7-15-5-4-10(11)12(17)16-8-2-1-3-9(6-8)20(14,18)19/h1-7H,13H2,(H,16,17)(H2,14,18,19). The maximum absolute atomic E-state index is 12.0. The fourth-order valence-electron chi connectivity index (χ4n) is 1.56. The van der Waals surface area contributed by atoms with Crippen molar-refractivity contribution < 1.29 is 13.2 Å². The molecule has 0 atom stereocenters. The highest BCUT2D eigenvalue weighted by molar-refractivity contribution is 7.89. The molecule has 7 nitrogen and oxygen atoms in total. The molecule has 0 aliphatic rings. The Morgan fingerprint density at radius 3 is 2.65 bits per heavy atom. The molecule has 0 radical (unpaired) electrons. The van der Waals surface area contributed by atoms with Gasteiger partial charge in [0.2, 0.25) is 10.0 Å². The summed E-state index contributed by atoms with van der Waals surface area (Å²) in [4.78, 5) is 15.7. The summed E-state index contributed by atoms with van der Waals surface area (Å²) < 4.78 is 22.5. The zero-order valence-electron chi connectivity index (χ0n) is 10.3. The third-order valence-electron chi connectivity index (χ3n) is 2.52. The van der Waals surface area contributed by atoms with Gasteiger partial charge in [0.15, 0.2) is 0 Å². The van der Waals surface area contributed by atoms with E-state index in [4.69, 9.17) is 10.9 Å². The number of hydrogen-bond donors (Lipinski definition) is 3. The van der Waals surface area contributed by atoms with Crippen molar-refractivity contribution in [1.82, 2.24) is 4.98 Å². The lowest BCUT2D eigenvalue weighted by atomic mass is 10.2. The van der Waals surface area contributed by atoms with Crippen molar-refractivity contribution in [2.45, 2.75) is 4.90 Å². The maximum Gasteiger partial charge on any atom is 0.257 e. The van der Waals surface area contributed by atoms with Crippen molar-refractivity contribution in [2.75, 3.05) is 11.1 Å². The Morgan fingerprint density at radius 2 is 2.00 bits per heavy atom. The van der Waals surface area contributed by atoms with Gasteiger partial charge in [-0.2, -0.15) is 0 Å². The molecule has 0 saturated heterocycles. The van der Waals surface area contributed by atoms with E-state index < -0.39 is 15.9 Å². The van der Waals surface area contributed by atoms with Gasteiger partial charge in [-0.15, -0.1) is 0 Å². The predicted molar refractivity (Wildman–Crippen MR) is 74.4 cm³/mol. The Labute approximate surface area is 115 Å². The second kappa shape index (κ2) is 5.27. The number of benzene rings is 1. The normalized spacial score (nSPS) is 11.1. The zero-order chi connectivity index (χ0) is 14.8. The Hall–Kier alpha value is -2.45. The second-order valence-electron chi connectivity index (χ2n) is 3.99. The van der Waals surface area contributed by atoms with Gasteiger partial charge in [-0.25, -0.2) is 13.6 Å². The number of pyridine rings is 1. The van der Waals surface area contributed by atoms with Crippen molar-refractivity contribution in [1.29, 1.82) is 0 Å². The second-order valence-corrected chi connectivity index (χ2v) is 5.55. The summed E-state index contributed by atoms with van der Waals surface area (Å²) >= 11 is 0. The molecule has 0 spiro atoms. The largest absolute Gasteiger partial charge is 0.397 e. The van der Waals surface area contributed by atoms with Crippen LogP contribution in [0.4, 0.5) is 11.4 Å². The first-order valence-corrected chi connectivity index (χ1v) is 7.06. The minimum atomic E-state index is -3.82. The molecule has 0 unspecified atom stereocenters. The molecule has 0 saturated carbocycles. The lowest BCUT2D eigenvalue weighted by Crippen LogP contribution is -2.16. The van der Waals surface area contributed by atoms with Gasteiger partial charge in [0.05, 0.1) is 22.3 Å². The van der Waals surface area contributed by atoms with Crippen LogP contribution in [-0.4, -0.2) is 19.3 Å². The highest BCUT2D eigenvalue weighted by atomic mass is 32.2. The molecule has 1 amide bonds. The van der Waals surface area contributed by atoms with Crippen molar-refractivity contribution in [3.05, 3.63) is 48.3 Å². The minimum absolute atomic E-state index is 0.0852. The molecule has 0 aliphatic heterocycles. The Morgan fingerprint density at radius 1 is 1.25 bits per heavy atom. The summed E-state index contributed by atoms with van der Waals surface area (Å²) in [5.74, 6) is -0.462. The molecule has 0 bridgehead atoms. The zero-order valence-corrected chi connectivity index (χ0v) is 11.1. The Bertz CT molecular complexity index is 759. The first-order chi connectivity index (χ1) is 9.38. The number of rotatable bonds is 3. The van der Waals surface area contributed by atoms with E-state index in [1.54, 1.807) is 6.07 Å². The average Bonchev–Trinajstić information content (AvgIpc) is 2.38. The van der Waals surface area contributed by atoms with Gasteiger partial charge in [-0.1, -0.05) is 6.07 Å². The number of primary sulfonamides is 1. The van der Waals surface area contributed by atoms with Crippen molar-refractivity contribution in [2.24, 2.45) is 5.14 Å². The Kier molecular flexibility index (Phi) is 3.68. The summed E-state index contributed by atoms with van der Waals surface area (Å²) in [6, 6.07) is 7.10. The van der Waals surface area contributed by atoms with Crippen LogP contribution in [0.5, 0.6) is 0 Å². The fraction of sp³-hybridized carbons (Fsp3) is 0. The average molecular weight is 292 g/mol. The van der Waals surface area contributed by atoms with Crippen LogP contribution in [0.3, 0.4) is 0 Å². The molecule has 104 valence electrons. The lowest BCUT2D eigenvalue weighted by Gasteiger charge is -2.08. The van der Waals surface area contributed by atoms with Crippen LogP contribution in [-0.2, 0) is 10.0 Å². The van der Waals surface area contributed by atoms with Gasteiger partial charge in [0.25, 0.3) is 5.91 Å². The van der Waals surface area contributed by atoms with Gasteiger partial charge in [-0.05, 0) is 24.3 Å². The SMILES string of the molecule is Nc1cnccc1C(=O)Nc1cccc(S(N)(=O)=O)c1. The number of carbonyl (C=O) groups is 1. The first-order valence-electron chi connectivity index (χ1n) is 5.51. The smallest absolute Gasteiger partial charge is 0.257 e. The molecule has 2 aromatic rings. The van der Waals surface area contributed by atoms with E-state index in [0.29, 0.717) is 5.69 Å². The summed E-state index contributed by atoms with van der Waals surface area (Å²) in [6.07, 6.45) is 2.79. The first kappa shape index (κ1) is 14.0. The minimum Gasteiger partial charge on any atom is -0.397 e. The number of nitrogen functional groups attached to an aromatic ring is 1. The molecular formula is C12H12N4O3S. The number of sulfonamides is 1. The molecule has 1 heterocycles. The van der Waals surface area contributed by atoms with Crippen LogP contribution in [0, 0.1) is 0 Å². The van der Waals surface area contributed by atoms with Crippen LogP contribution in [0.15, 0.2) is 47.6 Å². The summed E-state index contributed by atoms with van der Waals surface area (Å²) in [7, 11) is -3.82. The van der Waals surface area contributed by atoms with Gasteiger partial charge < -0.3 is 11.1 Å². The lowest BCUT2D eigenvalue weighted by molar-refractivity contribution is 0.102. The molecule has 1 aromatic carbocycles. The molecule has 0 aliphatic carbocycles. The highest BCUT2D eigenvalue weighted by Crippen LogP contribution is 2.16. The number of carbonyl (C=O) groups excluding carboxylic acids is 1. The number of aromatic nitrogens is 1. The summed E-state index contributed by atoms with van der Waals surface area (Å²) in [5, 5.41) is 7.57. The molecule has 5 N–H and O–H groups in total. The van der Waals surface area contributed by atoms with E-state index in [-0.39, 0.29) is 16.1 Å². The van der Waals surface area contributed by atoms with E-state index >= 15 is 0 Å². The van der Waals surface area contributed by atoms with E-state index in [9.17, 15) is 13.2 Å². The number of nitrogens with zero attached hydrogens (tertiary/aromatic N) is 1. The summed E-state index contributed by atoms with van der Waals surface area (Å²) in [5.41, 5.74) is 6.42. The van der Waals surface area contributed by atoms with Gasteiger partial charge in [0, 0.05) is 11.9 Å². The quantitative estimate of drug-likeness (QED) is 0.761. The number of nitrogens with two attached hydrogens (primary N) is 2. The van der Waals surface area contributed by atoms with Crippen LogP contribution in [0.25, 0.3) is 0 Å². The molecule has 1 aromatic heterocycles. The fourth-order valence-corrected chi connectivity index (χ4v) is 2.12. The third kappa shape index (κ3) is 3.11. The van der Waals surface area contributed by atoms with E-state index in [1.807, 2.05) is 0 Å². The predicted octanol–water partition coefficient (Wildman–Crippen LogP) is 0.564. The van der Waals surface area contributed by atoms with Crippen molar-refractivity contribution in [3.8, 4) is 0 Å². The number of anilines is 2. The number of hydrogen-bond acceptors (Lipinski definition) is 5. The highest BCUT2D eigenvalue weighted by Gasteiger charge is 2.12. The van der Waals surface area contributed by atoms with Crippen LogP contribution >= 0.6 is 0 Å². The Balaban J connectivity index is 2.27. The molecule has 20 heavy (non-hydrogen) atoms. The molecular weight excluding hydrogens is 280 g/mol. The number of amides is 1. The monoisotopic (exact) mass is 292 g/mol. The summed E-state index contributed by atoms with van der Waals surface area (Å²) in [6.45, 7) is 0. The number of nitrogens with one attached hydrogen (secondary N) is 1. The maximum atomic E-state index is 12.0. The van der Waals surface area contributed by atoms with Crippen molar-refractivity contribution >= 4 is 27.3 Å². The topological polar surface area (TPSA) is 128 Å². The molecule has 0 fully saturated rings. The third-order valence-corrected chi connectivity index (χ3v) is 3.43. The van der Waals surface area contributed by atoms with Crippen LogP contribution < -0.4 is 16.2 Å². The van der Waals surface area contributed by atoms with E-state index in [0.717, 1.165) is 0 Å². The van der Waals surface area contributed by atoms with Crippen LogP contribution in [0.1, 0.15) is 10.4 Å². The molecule has 2 rings (SSSR count). The van der Waals surface area contributed by atoms with E-state index in [1.165, 1.54) is 36.7 Å². The van der Waals surface area contributed by atoms with Crippen molar-refractivity contribution in [3.63, 3.8) is 0 Å². The van der Waals surface area contributed by atoms with Gasteiger partial charge in [0.1, 0.15) is 0 Å². The van der Waals surface area contributed by atoms with Gasteiger partial charge in [-0.3, -0.25) is 9.78 Å².